The first-order valence-electron chi connectivity index (χ1n) is 16.5. The number of nitrogens with zero attached hydrogens (tertiary/aromatic N) is 1. The van der Waals surface area contributed by atoms with Crippen molar-refractivity contribution < 1.29 is 23.6 Å². The number of hydrogen-bond donors (Lipinski definition) is 2. The molecule has 7 nitrogen and oxygen atoms in total. The maximum Gasteiger partial charge on any atom is 0.407 e. The summed E-state index contributed by atoms with van der Waals surface area (Å²) in [5.74, 6) is 1.27. The number of carbonyl (C=O) groups is 2. The van der Waals surface area contributed by atoms with Gasteiger partial charge in [-0.25, -0.2) is 14.2 Å². The van der Waals surface area contributed by atoms with Crippen molar-refractivity contribution in [3.63, 3.8) is 0 Å². The molecule has 0 radical (unpaired) electrons. The van der Waals surface area contributed by atoms with Crippen molar-refractivity contribution >= 4 is 23.9 Å². The summed E-state index contributed by atoms with van der Waals surface area (Å²) >= 11 is 1.83. The molecular formula is C33H58N3O4S+. The number of rotatable bonds is 23. The average Bonchev–Trinajstić information content (AvgIpc) is 2.97. The zero-order valence-electron chi connectivity index (χ0n) is 26.2. The summed E-state index contributed by atoms with van der Waals surface area (Å²) in [5.41, 5.74) is 2.27. The standard InChI is InChI=1S/C33H57N3O4S/c1-4-6-7-8-9-10-11-12-13-14-15-16-17-18-19-20-23-34-33(38)40-26-31-29(27-41-31)28-22-21-24-36(5-2)30(28)25-35-32(37)39-3/h21-22,24,29,31H,4-20,23,25-27H2,1-3H3,(H-,34,35,37,38)/p+1. The zero-order valence-corrected chi connectivity index (χ0v) is 27.0. The van der Waals surface area contributed by atoms with Gasteiger partial charge in [0.05, 0.1) is 7.11 Å². The van der Waals surface area contributed by atoms with Gasteiger partial charge in [-0.2, -0.15) is 11.8 Å². The van der Waals surface area contributed by atoms with Gasteiger partial charge < -0.3 is 20.1 Å². The van der Waals surface area contributed by atoms with Crippen LogP contribution in [0, 0.1) is 0 Å². The Morgan fingerprint density at radius 3 is 1.95 bits per heavy atom. The molecule has 0 aliphatic carbocycles. The molecule has 234 valence electrons. The fourth-order valence-electron chi connectivity index (χ4n) is 5.52. The van der Waals surface area contributed by atoms with E-state index in [0.717, 1.165) is 30.8 Å². The molecule has 1 aliphatic rings. The highest BCUT2D eigenvalue weighted by atomic mass is 32.2. The number of alkyl carbamates (subject to hydrolysis) is 2. The van der Waals surface area contributed by atoms with E-state index < -0.39 is 6.09 Å². The molecule has 2 heterocycles. The van der Waals surface area contributed by atoms with Gasteiger partial charge in [0.25, 0.3) is 0 Å². The van der Waals surface area contributed by atoms with E-state index in [1.165, 1.54) is 103 Å². The summed E-state index contributed by atoms with van der Waals surface area (Å²) in [6.45, 7) is 6.66. The number of carbonyl (C=O) groups excluding carboxylic acids is 2. The van der Waals surface area contributed by atoms with Crippen molar-refractivity contribution in [2.45, 2.75) is 141 Å². The molecule has 2 atom stereocenters. The SMILES string of the molecule is CCCCCCCCCCCCCCCCCCNC(=O)OCC1SCC1c1ccc[n+](CC)c1CNC(=O)OC. The Balaban J connectivity index is 1.49. The number of hydrogen-bond acceptors (Lipinski definition) is 5. The molecular weight excluding hydrogens is 534 g/mol. The van der Waals surface area contributed by atoms with E-state index in [9.17, 15) is 9.59 Å². The lowest BCUT2D eigenvalue weighted by atomic mass is 9.94. The Hall–Kier alpha value is -1.96. The summed E-state index contributed by atoms with van der Waals surface area (Å²) < 4.78 is 12.5. The summed E-state index contributed by atoms with van der Waals surface area (Å²) in [4.78, 5) is 23.9. The molecule has 0 aromatic carbocycles. The van der Waals surface area contributed by atoms with Crippen molar-refractivity contribution in [1.29, 1.82) is 0 Å². The van der Waals surface area contributed by atoms with Crippen LogP contribution in [-0.2, 0) is 22.6 Å². The lowest BCUT2D eigenvalue weighted by molar-refractivity contribution is -0.701. The Labute approximate surface area is 254 Å². The molecule has 2 unspecified atom stereocenters. The maximum absolute atomic E-state index is 12.3. The van der Waals surface area contributed by atoms with E-state index in [2.05, 4.69) is 35.1 Å². The number of thioether (sulfide) groups is 1. The van der Waals surface area contributed by atoms with Crippen molar-refractivity contribution in [1.82, 2.24) is 10.6 Å². The first kappa shape index (κ1) is 35.2. The van der Waals surface area contributed by atoms with Crippen LogP contribution in [0.1, 0.15) is 134 Å². The molecule has 1 aromatic heterocycles. The van der Waals surface area contributed by atoms with Crippen LogP contribution in [-0.4, -0.2) is 43.5 Å². The fraction of sp³-hybridized carbons (Fsp3) is 0.788. The summed E-state index contributed by atoms with van der Waals surface area (Å²) in [5, 5.41) is 5.96. The van der Waals surface area contributed by atoms with E-state index in [1.54, 1.807) is 0 Å². The van der Waals surface area contributed by atoms with Gasteiger partial charge in [-0.15, -0.1) is 0 Å². The lowest BCUT2D eigenvalue weighted by Gasteiger charge is -2.36. The van der Waals surface area contributed by atoms with Gasteiger partial charge in [-0.1, -0.05) is 103 Å². The van der Waals surface area contributed by atoms with Gasteiger partial charge in [0.15, 0.2) is 6.20 Å². The lowest BCUT2D eigenvalue weighted by Crippen LogP contribution is -2.44. The number of unbranched alkanes of at least 4 members (excludes halogenated alkanes) is 15. The molecule has 2 rings (SSSR count). The van der Waals surface area contributed by atoms with Crippen LogP contribution < -0.4 is 15.2 Å². The predicted octanol–water partition coefficient (Wildman–Crippen LogP) is 8.04. The van der Waals surface area contributed by atoms with E-state index in [0.29, 0.717) is 25.6 Å². The van der Waals surface area contributed by atoms with Crippen molar-refractivity contribution in [2.24, 2.45) is 0 Å². The molecule has 1 saturated heterocycles. The van der Waals surface area contributed by atoms with Gasteiger partial charge in [-0.3, -0.25) is 0 Å². The van der Waals surface area contributed by atoms with E-state index in [-0.39, 0.29) is 11.3 Å². The van der Waals surface area contributed by atoms with Crippen molar-refractivity contribution in [3.8, 4) is 0 Å². The third-order valence-corrected chi connectivity index (χ3v) is 9.61. The van der Waals surface area contributed by atoms with Crippen LogP contribution in [0.2, 0.25) is 0 Å². The first-order valence-corrected chi connectivity index (χ1v) is 17.5. The number of aromatic nitrogens is 1. The second-order valence-corrected chi connectivity index (χ2v) is 12.6. The normalized spacial score (nSPS) is 16.2. The van der Waals surface area contributed by atoms with E-state index in [1.807, 2.05) is 24.0 Å². The largest absolute Gasteiger partial charge is 0.453 e. The number of amides is 2. The minimum Gasteiger partial charge on any atom is -0.453 e. The van der Waals surface area contributed by atoms with Crippen LogP contribution in [0.15, 0.2) is 18.3 Å². The third kappa shape index (κ3) is 14.7. The molecule has 2 N–H and O–H groups in total. The maximum atomic E-state index is 12.3. The zero-order chi connectivity index (χ0) is 29.5. The Morgan fingerprint density at radius 1 is 0.854 bits per heavy atom. The fourth-order valence-corrected chi connectivity index (χ4v) is 6.67. The highest BCUT2D eigenvalue weighted by Gasteiger charge is 2.37. The summed E-state index contributed by atoms with van der Waals surface area (Å²) in [6, 6.07) is 4.17. The highest BCUT2D eigenvalue weighted by Crippen LogP contribution is 2.42. The first-order chi connectivity index (χ1) is 20.1. The minimum absolute atomic E-state index is 0.223. The highest BCUT2D eigenvalue weighted by molar-refractivity contribution is 8.01. The van der Waals surface area contributed by atoms with Crippen LogP contribution >= 0.6 is 11.8 Å². The number of nitrogens with one attached hydrogen (secondary N) is 2. The van der Waals surface area contributed by atoms with Crippen LogP contribution in [0.5, 0.6) is 0 Å². The molecule has 0 saturated carbocycles. The Kier molecular flexibility index (Phi) is 19.4. The molecule has 2 amide bonds. The van der Waals surface area contributed by atoms with E-state index in [4.69, 9.17) is 9.47 Å². The predicted molar refractivity (Wildman–Crippen MR) is 169 cm³/mol. The number of aryl methyl sites for hydroxylation is 1. The van der Waals surface area contributed by atoms with Gasteiger partial charge in [0, 0.05) is 35.1 Å². The number of methoxy groups -OCH3 is 1. The summed E-state index contributed by atoms with van der Waals surface area (Å²) in [7, 11) is 1.37. The van der Waals surface area contributed by atoms with Crippen LogP contribution in [0.25, 0.3) is 0 Å². The van der Waals surface area contributed by atoms with Crippen LogP contribution in [0.4, 0.5) is 9.59 Å². The van der Waals surface area contributed by atoms with Crippen molar-refractivity contribution in [3.05, 3.63) is 29.6 Å². The Morgan fingerprint density at radius 2 is 1.44 bits per heavy atom. The second-order valence-electron chi connectivity index (χ2n) is 11.3. The molecule has 1 aromatic rings. The molecule has 1 fully saturated rings. The van der Waals surface area contributed by atoms with Crippen LogP contribution in [0.3, 0.4) is 0 Å². The Bertz CT molecular complexity index is 854. The minimum atomic E-state index is -0.439. The van der Waals surface area contributed by atoms with Gasteiger partial charge in [0.1, 0.15) is 19.7 Å². The average molecular weight is 593 g/mol. The number of ether oxygens (including phenoxy) is 2. The van der Waals surface area contributed by atoms with Gasteiger partial charge in [-0.05, 0) is 19.4 Å². The molecule has 0 bridgehead atoms. The second kappa shape index (κ2) is 22.6. The van der Waals surface area contributed by atoms with Gasteiger partial charge in [0.2, 0.25) is 5.69 Å². The molecule has 0 spiro atoms. The molecule has 41 heavy (non-hydrogen) atoms. The number of pyridine rings is 1. The molecule has 1 aliphatic heterocycles. The quantitative estimate of drug-likeness (QED) is 0.0993. The van der Waals surface area contributed by atoms with Crippen molar-refractivity contribution in [2.75, 3.05) is 26.0 Å². The smallest absolute Gasteiger partial charge is 0.407 e. The topological polar surface area (TPSA) is 80.5 Å². The molecule has 8 heteroatoms. The van der Waals surface area contributed by atoms with Gasteiger partial charge >= 0.3 is 12.2 Å². The van der Waals surface area contributed by atoms with E-state index >= 15 is 0 Å². The monoisotopic (exact) mass is 592 g/mol. The summed E-state index contributed by atoms with van der Waals surface area (Å²) in [6.07, 6.45) is 22.8. The third-order valence-electron chi connectivity index (χ3n) is 8.16.